The van der Waals surface area contributed by atoms with E-state index in [1.165, 1.54) is 33.4 Å². The molecule has 0 saturated carbocycles. The van der Waals surface area contributed by atoms with Crippen LogP contribution in [0.1, 0.15) is 47.9 Å². The van der Waals surface area contributed by atoms with Crippen LogP contribution >= 0.6 is 0 Å². The highest BCUT2D eigenvalue weighted by atomic mass is 14.5. The lowest BCUT2D eigenvalue weighted by atomic mass is 9.61. The van der Waals surface area contributed by atoms with Crippen molar-refractivity contribution < 1.29 is 0 Å². The molecular formula is C24H25N. The summed E-state index contributed by atoms with van der Waals surface area (Å²) < 4.78 is 0. The van der Waals surface area contributed by atoms with Crippen LogP contribution in [0.15, 0.2) is 84.7 Å². The first-order valence-corrected chi connectivity index (χ1v) is 8.60. The molecule has 0 amide bonds. The normalized spacial score (nSPS) is 22.0. The Kier molecular flexibility index (Phi) is 4.50. The molecule has 0 fully saturated rings. The highest BCUT2D eigenvalue weighted by Gasteiger charge is 2.40. The molecule has 25 heavy (non-hydrogen) atoms. The van der Waals surface area contributed by atoms with E-state index < -0.39 is 0 Å². The van der Waals surface area contributed by atoms with Gasteiger partial charge in [0.15, 0.2) is 0 Å². The van der Waals surface area contributed by atoms with Gasteiger partial charge >= 0.3 is 0 Å². The maximum Gasteiger partial charge on any atom is 0.0305 e. The fourth-order valence-corrected chi connectivity index (χ4v) is 4.31. The van der Waals surface area contributed by atoms with Crippen LogP contribution in [0.2, 0.25) is 0 Å². The zero-order chi connectivity index (χ0) is 18.1. The van der Waals surface area contributed by atoms with Crippen LogP contribution < -0.4 is 5.73 Å². The van der Waals surface area contributed by atoms with Crippen molar-refractivity contribution in [3.63, 3.8) is 0 Å². The molecular weight excluding hydrogens is 302 g/mol. The first-order chi connectivity index (χ1) is 12.1. The maximum atomic E-state index is 5.75. The molecule has 1 aromatic rings. The molecule has 0 saturated heterocycles. The predicted molar refractivity (Wildman–Crippen MR) is 110 cm³/mol. The van der Waals surface area contributed by atoms with Crippen LogP contribution in [0.4, 0.5) is 0 Å². The Hall–Kier alpha value is -2.80. The van der Waals surface area contributed by atoms with Crippen molar-refractivity contribution in [2.24, 2.45) is 5.73 Å². The monoisotopic (exact) mass is 327 g/mol. The molecule has 0 spiro atoms. The van der Waals surface area contributed by atoms with Crippen LogP contribution in [0.5, 0.6) is 0 Å². The lowest BCUT2D eigenvalue weighted by Gasteiger charge is -2.43. The SMILES string of the molecule is C=C/C=C\C1=C(C)C2C(/C=C\N)=C(C)C1c1cc(C=C)c(C=C)cc12. The van der Waals surface area contributed by atoms with E-state index in [0.29, 0.717) is 0 Å². The van der Waals surface area contributed by atoms with Gasteiger partial charge in [-0.1, -0.05) is 61.3 Å². The fourth-order valence-electron chi connectivity index (χ4n) is 4.31. The van der Waals surface area contributed by atoms with Gasteiger partial charge < -0.3 is 5.73 Å². The van der Waals surface area contributed by atoms with E-state index >= 15 is 0 Å². The summed E-state index contributed by atoms with van der Waals surface area (Å²) in [5, 5.41) is 0. The highest BCUT2D eigenvalue weighted by Crippen LogP contribution is 2.56. The van der Waals surface area contributed by atoms with Crippen molar-refractivity contribution in [1.82, 2.24) is 0 Å². The van der Waals surface area contributed by atoms with Gasteiger partial charge in [0.25, 0.3) is 0 Å². The van der Waals surface area contributed by atoms with Crippen molar-refractivity contribution in [2.45, 2.75) is 25.7 Å². The van der Waals surface area contributed by atoms with Gasteiger partial charge in [0, 0.05) is 11.8 Å². The Balaban J connectivity index is 2.32. The van der Waals surface area contributed by atoms with Crippen LogP contribution in [-0.2, 0) is 0 Å². The lowest BCUT2D eigenvalue weighted by molar-refractivity contribution is 0.730. The highest BCUT2D eigenvalue weighted by molar-refractivity contribution is 5.73. The third-order valence-electron chi connectivity index (χ3n) is 5.44. The number of rotatable bonds is 5. The van der Waals surface area contributed by atoms with E-state index in [4.69, 9.17) is 5.73 Å². The zero-order valence-corrected chi connectivity index (χ0v) is 15.0. The number of benzene rings is 1. The average molecular weight is 327 g/mol. The van der Waals surface area contributed by atoms with Gasteiger partial charge in [-0.25, -0.2) is 0 Å². The first-order valence-electron chi connectivity index (χ1n) is 8.60. The molecule has 0 radical (unpaired) electrons. The summed E-state index contributed by atoms with van der Waals surface area (Å²) >= 11 is 0. The quantitative estimate of drug-likeness (QED) is 0.658. The van der Waals surface area contributed by atoms with Gasteiger partial charge in [-0.15, -0.1) is 0 Å². The Morgan fingerprint density at radius 2 is 1.32 bits per heavy atom. The van der Waals surface area contributed by atoms with Gasteiger partial charge in [0.2, 0.25) is 0 Å². The molecule has 0 aromatic heterocycles. The Morgan fingerprint density at radius 3 is 1.72 bits per heavy atom. The molecule has 4 rings (SSSR count). The second kappa shape index (κ2) is 6.60. The van der Waals surface area contributed by atoms with Crippen molar-refractivity contribution in [1.29, 1.82) is 0 Å². The Bertz CT molecular complexity index is 887. The molecule has 126 valence electrons. The van der Waals surface area contributed by atoms with E-state index in [-0.39, 0.29) is 11.8 Å². The second-order valence-corrected chi connectivity index (χ2v) is 6.61. The summed E-state index contributed by atoms with van der Waals surface area (Å²) in [7, 11) is 0. The molecule has 2 atom stereocenters. The zero-order valence-electron chi connectivity index (χ0n) is 15.0. The molecule has 3 aliphatic rings. The molecule has 0 aliphatic heterocycles. The molecule has 1 nitrogen and oxygen atoms in total. The van der Waals surface area contributed by atoms with E-state index in [9.17, 15) is 0 Å². The van der Waals surface area contributed by atoms with Crippen molar-refractivity contribution >= 4 is 12.2 Å². The Labute approximate surface area is 151 Å². The summed E-state index contributed by atoms with van der Waals surface area (Å²) in [6.07, 6.45) is 13.6. The molecule has 1 aromatic carbocycles. The summed E-state index contributed by atoms with van der Waals surface area (Å²) in [5.41, 5.74) is 16.2. The van der Waals surface area contributed by atoms with Crippen molar-refractivity contribution in [3.05, 3.63) is 107 Å². The largest absolute Gasteiger partial charge is 0.405 e. The van der Waals surface area contributed by atoms with Crippen molar-refractivity contribution in [3.8, 4) is 0 Å². The molecule has 2 bridgehead atoms. The number of hydrogen-bond acceptors (Lipinski definition) is 1. The van der Waals surface area contributed by atoms with E-state index in [1.54, 1.807) is 6.20 Å². The summed E-state index contributed by atoms with van der Waals surface area (Å²) in [6, 6.07) is 4.54. The van der Waals surface area contributed by atoms with Crippen LogP contribution in [0.3, 0.4) is 0 Å². The van der Waals surface area contributed by atoms with Gasteiger partial charge in [0.05, 0.1) is 0 Å². The third kappa shape index (κ3) is 2.47. The van der Waals surface area contributed by atoms with Crippen molar-refractivity contribution in [2.75, 3.05) is 0 Å². The van der Waals surface area contributed by atoms with Gasteiger partial charge in [0.1, 0.15) is 0 Å². The molecule has 1 heteroatoms. The number of nitrogens with two attached hydrogens (primary N) is 1. The van der Waals surface area contributed by atoms with Gasteiger partial charge in [-0.2, -0.15) is 0 Å². The minimum absolute atomic E-state index is 0.238. The first kappa shape index (κ1) is 17.0. The number of hydrogen-bond donors (Lipinski definition) is 1. The smallest absolute Gasteiger partial charge is 0.0305 e. The van der Waals surface area contributed by atoms with E-state index in [0.717, 1.165) is 11.1 Å². The predicted octanol–water partition coefficient (Wildman–Crippen LogP) is 6.01. The molecule has 2 unspecified atom stereocenters. The van der Waals surface area contributed by atoms with Gasteiger partial charge in [-0.05, 0) is 71.7 Å². The van der Waals surface area contributed by atoms with E-state index in [1.807, 2.05) is 24.3 Å². The molecule has 3 aliphatic carbocycles. The average Bonchev–Trinajstić information content (AvgIpc) is 2.62. The Morgan fingerprint density at radius 1 is 0.840 bits per heavy atom. The number of allylic oxidation sites excluding steroid dienone is 8. The third-order valence-corrected chi connectivity index (χ3v) is 5.44. The summed E-state index contributed by atoms with van der Waals surface area (Å²) in [6.45, 7) is 16.2. The van der Waals surface area contributed by atoms with Crippen LogP contribution in [0.25, 0.3) is 12.2 Å². The molecule has 0 heterocycles. The fraction of sp³-hybridized carbons (Fsp3) is 0.167. The van der Waals surface area contributed by atoms with Crippen LogP contribution in [-0.4, -0.2) is 0 Å². The van der Waals surface area contributed by atoms with Crippen LogP contribution in [0, 0.1) is 0 Å². The second-order valence-electron chi connectivity index (χ2n) is 6.61. The maximum absolute atomic E-state index is 5.75. The topological polar surface area (TPSA) is 26.0 Å². The summed E-state index contributed by atoms with van der Waals surface area (Å²) in [4.78, 5) is 0. The minimum atomic E-state index is 0.238. The summed E-state index contributed by atoms with van der Waals surface area (Å²) in [5.74, 6) is 0.488. The standard InChI is InChI=1S/C24H25N/c1-6-9-10-19-15(4)24-20(11-12-25)16(5)23(19)21-13-17(7-2)18(8-3)14-22(21)24/h6-14,23-24H,1-3,25H2,4-5H3/b10-9-,12-11-. The minimum Gasteiger partial charge on any atom is -0.405 e. The lowest BCUT2D eigenvalue weighted by Crippen LogP contribution is -2.27. The van der Waals surface area contributed by atoms with Gasteiger partial charge in [-0.3, -0.25) is 0 Å². The molecule has 2 N–H and O–H groups in total. The van der Waals surface area contributed by atoms with E-state index in [2.05, 4.69) is 57.9 Å².